The minimum absolute atomic E-state index is 0.175. The summed E-state index contributed by atoms with van der Waals surface area (Å²) in [5.74, 6) is 0.609. The van der Waals surface area contributed by atoms with Crippen LogP contribution in [0.4, 0.5) is 5.13 Å². The summed E-state index contributed by atoms with van der Waals surface area (Å²) >= 11 is 7.96. The molecule has 1 aromatic heterocycles. The maximum Gasteiger partial charge on any atom is 0.307 e. The van der Waals surface area contributed by atoms with Gasteiger partial charge in [-0.2, -0.15) is 0 Å². The third kappa shape index (κ3) is 6.26. The van der Waals surface area contributed by atoms with Crippen LogP contribution in [0, 0.1) is 24.7 Å². The van der Waals surface area contributed by atoms with Gasteiger partial charge in [0.25, 0.3) is 0 Å². The van der Waals surface area contributed by atoms with E-state index in [2.05, 4.69) is 34.9 Å². The number of aryl methyl sites for hydroxylation is 1. The summed E-state index contributed by atoms with van der Waals surface area (Å²) in [5.41, 5.74) is 4.99. The summed E-state index contributed by atoms with van der Waals surface area (Å²) in [6.07, 6.45) is 1.93. The fourth-order valence-corrected chi connectivity index (χ4v) is 8.78. The summed E-state index contributed by atoms with van der Waals surface area (Å²) in [7, 11) is -2.89. The number of aliphatic carboxylic acids is 1. The molecule has 0 spiro atoms. The van der Waals surface area contributed by atoms with Crippen molar-refractivity contribution in [2.24, 2.45) is 17.8 Å². The van der Waals surface area contributed by atoms with Crippen LogP contribution in [0.15, 0.2) is 41.8 Å². The highest BCUT2D eigenvalue weighted by Gasteiger charge is 2.46. The van der Waals surface area contributed by atoms with Crippen LogP contribution in [0.2, 0.25) is 5.02 Å². The smallest absolute Gasteiger partial charge is 0.307 e. The highest BCUT2D eigenvalue weighted by Crippen LogP contribution is 2.44. The van der Waals surface area contributed by atoms with Gasteiger partial charge in [0.2, 0.25) is 0 Å². The third-order valence-corrected chi connectivity index (χ3v) is 11.5. The highest BCUT2D eigenvalue weighted by atomic mass is 35.5. The summed E-state index contributed by atoms with van der Waals surface area (Å²) in [6, 6.07) is 11.9. The molecule has 3 fully saturated rings. The fraction of sp³-hybridized carbons (Fsp3) is 0.467. The largest absolute Gasteiger partial charge is 0.488 e. The lowest BCUT2D eigenvalue weighted by molar-refractivity contribution is -0.144. The third-order valence-electron chi connectivity index (χ3n) is 8.73. The number of aromatic nitrogens is 1. The highest BCUT2D eigenvalue weighted by molar-refractivity contribution is 7.91. The van der Waals surface area contributed by atoms with E-state index in [4.69, 9.17) is 21.3 Å². The molecular weight excluding hydrogens is 582 g/mol. The minimum Gasteiger partial charge on any atom is -0.488 e. The molecule has 1 saturated carbocycles. The van der Waals surface area contributed by atoms with Crippen LogP contribution in [-0.4, -0.2) is 67.1 Å². The molecule has 0 amide bonds. The molecule has 3 heterocycles. The topological polar surface area (TPSA) is 100 Å². The number of hydrogen-bond acceptors (Lipinski definition) is 8. The van der Waals surface area contributed by atoms with E-state index in [0.717, 1.165) is 65.6 Å². The summed E-state index contributed by atoms with van der Waals surface area (Å²) in [4.78, 5) is 21.1. The van der Waals surface area contributed by atoms with Gasteiger partial charge in [-0.25, -0.2) is 13.4 Å². The maximum atomic E-state index is 11.7. The van der Waals surface area contributed by atoms with Crippen molar-refractivity contribution in [2.45, 2.75) is 32.9 Å². The summed E-state index contributed by atoms with van der Waals surface area (Å²) < 4.78 is 29.8. The molecule has 2 aliphatic heterocycles. The van der Waals surface area contributed by atoms with Crippen LogP contribution in [-0.2, 0) is 27.8 Å². The maximum absolute atomic E-state index is 11.7. The van der Waals surface area contributed by atoms with E-state index in [1.165, 1.54) is 0 Å². The van der Waals surface area contributed by atoms with E-state index in [9.17, 15) is 18.3 Å². The second-order valence-corrected chi connectivity index (χ2v) is 15.1. The van der Waals surface area contributed by atoms with Crippen molar-refractivity contribution in [3.05, 3.63) is 63.5 Å². The van der Waals surface area contributed by atoms with Crippen LogP contribution in [0.25, 0.3) is 11.3 Å². The second kappa shape index (κ2) is 11.6. The number of rotatable bonds is 8. The number of piperidine rings is 1. The van der Waals surface area contributed by atoms with E-state index in [0.29, 0.717) is 30.5 Å². The zero-order valence-electron chi connectivity index (χ0n) is 23.0. The van der Waals surface area contributed by atoms with Gasteiger partial charge >= 0.3 is 5.97 Å². The minimum atomic E-state index is -2.89. The van der Waals surface area contributed by atoms with Gasteiger partial charge in [0.05, 0.1) is 23.1 Å². The molecule has 218 valence electrons. The predicted molar refractivity (Wildman–Crippen MR) is 162 cm³/mol. The SMILES string of the molecule is Cc1cc(CN2CCS(=O)(=O)CC2)ccc1COc1ccc(Cl)cc1-c1csc(N2CC3CCC(C2)C3C(=O)O)n1. The average Bonchev–Trinajstić information content (AvgIpc) is 3.53. The zero-order chi connectivity index (χ0) is 28.7. The number of carboxylic acid groups (broad SMARTS) is 1. The lowest BCUT2D eigenvalue weighted by atomic mass is 9.85. The Balaban J connectivity index is 1.13. The Kier molecular flexibility index (Phi) is 8.02. The van der Waals surface area contributed by atoms with Gasteiger partial charge in [-0.1, -0.05) is 29.8 Å². The number of nitrogens with zero attached hydrogens (tertiary/aromatic N) is 3. The van der Waals surface area contributed by atoms with Crippen molar-refractivity contribution < 1.29 is 23.1 Å². The number of thiazole rings is 1. The summed E-state index contributed by atoms with van der Waals surface area (Å²) in [6.45, 7) is 5.81. The van der Waals surface area contributed by atoms with Crippen molar-refractivity contribution in [1.29, 1.82) is 0 Å². The molecule has 8 nitrogen and oxygen atoms in total. The molecule has 6 rings (SSSR count). The molecule has 2 saturated heterocycles. The molecule has 2 bridgehead atoms. The Morgan fingerprint density at radius 1 is 1.12 bits per heavy atom. The second-order valence-electron chi connectivity index (χ2n) is 11.5. The van der Waals surface area contributed by atoms with Crippen molar-refractivity contribution in [1.82, 2.24) is 9.88 Å². The van der Waals surface area contributed by atoms with Gasteiger partial charge in [-0.15, -0.1) is 11.3 Å². The van der Waals surface area contributed by atoms with Gasteiger partial charge < -0.3 is 14.7 Å². The van der Waals surface area contributed by atoms with Crippen molar-refractivity contribution >= 4 is 43.9 Å². The van der Waals surface area contributed by atoms with E-state index < -0.39 is 15.8 Å². The zero-order valence-corrected chi connectivity index (χ0v) is 25.3. The Hall–Kier alpha value is -2.66. The molecular formula is C30H34ClN3O5S2. The first-order valence-electron chi connectivity index (χ1n) is 14.0. The Morgan fingerprint density at radius 3 is 2.54 bits per heavy atom. The van der Waals surface area contributed by atoms with E-state index in [1.54, 1.807) is 11.3 Å². The fourth-order valence-electron chi connectivity index (χ4n) is 6.48. The monoisotopic (exact) mass is 615 g/mol. The Labute approximate surface area is 249 Å². The van der Waals surface area contributed by atoms with Gasteiger partial charge in [-0.3, -0.25) is 9.69 Å². The number of carbonyl (C=O) groups is 1. The van der Waals surface area contributed by atoms with E-state index >= 15 is 0 Å². The standard InChI is InChI=1S/C30H34ClN3O5S2/c1-19-12-20(14-33-8-10-41(37,38)11-9-33)2-3-23(19)17-39-27-7-6-24(31)13-25(27)26-18-40-30(32-26)34-15-21-4-5-22(16-34)28(21)29(35)36/h2-3,6-7,12-13,18,21-22,28H,4-5,8-11,14-17H2,1H3,(H,35,36). The molecule has 41 heavy (non-hydrogen) atoms. The first-order valence-corrected chi connectivity index (χ1v) is 17.1. The number of halogens is 1. The first kappa shape index (κ1) is 28.5. The van der Waals surface area contributed by atoms with E-state index in [1.807, 2.05) is 23.6 Å². The summed E-state index contributed by atoms with van der Waals surface area (Å²) in [5, 5.41) is 13.2. The number of benzene rings is 2. The lowest BCUT2D eigenvalue weighted by Crippen LogP contribution is -2.44. The quantitative estimate of drug-likeness (QED) is 0.372. The lowest BCUT2D eigenvalue weighted by Gasteiger charge is -2.35. The molecule has 1 aliphatic carbocycles. The normalized spacial score (nSPS) is 24.0. The van der Waals surface area contributed by atoms with Gasteiger partial charge in [-0.05, 0) is 66.5 Å². The van der Waals surface area contributed by atoms with Crippen LogP contribution in [0.3, 0.4) is 0 Å². The number of sulfone groups is 1. The molecule has 11 heteroatoms. The molecule has 2 aromatic carbocycles. The molecule has 3 aliphatic rings. The van der Waals surface area contributed by atoms with Crippen LogP contribution < -0.4 is 9.64 Å². The molecule has 1 N–H and O–H groups in total. The number of fused-ring (bicyclic) bond motifs is 2. The Morgan fingerprint density at radius 2 is 1.85 bits per heavy atom. The number of ether oxygens (including phenoxy) is 1. The number of anilines is 1. The van der Waals surface area contributed by atoms with E-state index in [-0.39, 0.29) is 29.3 Å². The Bertz CT molecular complexity index is 1530. The van der Waals surface area contributed by atoms with Crippen LogP contribution >= 0.6 is 22.9 Å². The molecule has 2 atom stereocenters. The van der Waals surface area contributed by atoms with Crippen LogP contribution in [0.1, 0.15) is 29.5 Å². The number of hydrogen-bond donors (Lipinski definition) is 1. The average molecular weight is 616 g/mol. The molecule has 2 unspecified atom stereocenters. The van der Waals surface area contributed by atoms with Gasteiger partial charge in [0.15, 0.2) is 15.0 Å². The predicted octanol–water partition coefficient (Wildman–Crippen LogP) is 5.13. The molecule has 3 aromatic rings. The van der Waals surface area contributed by atoms with Gasteiger partial charge in [0.1, 0.15) is 12.4 Å². The van der Waals surface area contributed by atoms with Crippen molar-refractivity contribution in [2.75, 3.05) is 42.6 Å². The van der Waals surface area contributed by atoms with Crippen molar-refractivity contribution in [3.8, 4) is 17.0 Å². The number of carboxylic acids is 1. The van der Waals surface area contributed by atoms with Crippen LogP contribution in [0.5, 0.6) is 5.75 Å². The van der Waals surface area contributed by atoms with Gasteiger partial charge in [0, 0.05) is 48.7 Å². The molecule has 0 radical (unpaired) electrons. The van der Waals surface area contributed by atoms with Crippen molar-refractivity contribution in [3.63, 3.8) is 0 Å². The first-order chi connectivity index (χ1) is 19.6.